The Morgan fingerprint density at radius 2 is 1.69 bits per heavy atom. The summed E-state index contributed by atoms with van der Waals surface area (Å²) in [5, 5.41) is 22.0. The van der Waals surface area contributed by atoms with Gasteiger partial charge in [-0.05, 0) is 31.2 Å². The van der Waals surface area contributed by atoms with Crippen LogP contribution in [-0.4, -0.2) is 47.9 Å². The number of aromatic nitrogens is 6. The minimum absolute atomic E-state index is 0.0331. The van der Waals surface area contributed by atoms with Crippen LogP contribution >= 0.6 is 0 Å². The molecular weight excluding hydrogens is 494 g/mol. The molecule has 0 saturated carbocycles. The van der Waals surface area contributed by atoms with Crippen molar-refractivity contribution in [3.05, 3.63) is 54.0 Å². The van der Waals surface area contributed by atoms with Gasteiger partial charge in [0, 0.05) is 18.9 Å². The number of aliphatic hydroxyl groups is 1. The van der Waals surface area contributed by atoms with Crippen LogP contribution in [0.4, 0.5) is 43.7 Å². The van der Waals surface area contributed by atoms with E-state index in [0.29, 0.717) is 6.20 Å². The van der Waals surface area contributed by atoms with Crippen molar-refractivity contribution in [1.82, 2.24) is 30.1 Å². The zero-order valence-electron chi connectivity index (χ0n) is 18.2. The fraction of sp³-hybridized carbons (Fsp3) is 0.238. The fourth-order valence-electron chi connectivity index (χ4n) is 3.04. The molecule has 15 heteroatoms. The van der Waals surface area contributed by atoms with E-state index in [4.69, 9.17) is 0 Å². The molecule has 0 spiro atoms. The third kappa shape index (κ3) is 5.56. The maximum atomic E-state index is 13.7. The molecule has 9 nitrogen and oxygen atoms in total. The largest absolute Gasteiger partial charge is 0.418 e. The van der Waals surface area contributed by atoms with Crippen LogP contribution in [0.2, 0.25) is 0 Å². The zero-order chi connectivity index (χ0) is 26.1. The first kappa shape index (κ1) is 25.0. The molecule has 4 aromatic heterocycles. The van der Waals surface area contributed by atoms with E-state index in [1.54, 1.807) is 0 Å². The molecule has 0 fully saturated rings. The third-order valence-electron chi connectivity index (χ3n) is 4.72. The molecule has 3 N–H and O–H groups in total. The lowest BCUT2D eigenvalue weighted by molar-refractivity contribution is -0.138. The number of alkyl halides is 6. The Hall–Kier alpha value is -4.14. The van der Waals surface area contributed by atoms with Crippen molar-refractivity contribution in [2.24, 2.45) is 0 Å². The Bertz CT molecular complexity index is 1380. The van der Waals surface area contributed by atoms with E-state index in [2.05, 4.69) is 40.8 Å². The van der Waals surface area contributed by atoms with Crippen LogP contribution in [0.25, 0.3) is 22.6 Å². The number of hydrogen-bond donors (Lipinski definition) is 3. The average molecular weight is 510 g/mol. The van der Waals surface area contributed by atoms with Crippen LogP contribution in [-0.2, 0) is 12.4 Å². The molecule has 0 saturated heterocycles. The predicted molar refractivity (Wildman–Crippen MR) is 116 cm³/mol. The van der Waals surface area contributed by atoms with Crippen LogP contribution in [0.15, 0.2) is 42.9 Å². The topological polar surface area (TPSA) is 122 Å². The van der Waals surface area contributed by atoms with Crippen molar-refractivity contribution in [2.45, 2.75) is 25.4 Å². The first-order valence-electron chi connectivity index (χ1n) is 10.2. The number of rotatable bonds is 6. The summed E-state index contributed by atoms with van der Waals surface area (Å²) in [6, 6.07) is 4.17. The van der Waals surface area contributed by atoms with E-state index in [-0.39, 0.29) is 40.7 Å². The molecule has 0 bridgehead atoms. The Balaban J connectivity index is 1.68. The lowest BCUT2D eigenvalue weighted by atomic mass is 10.1. The van der Waals surface area contributed by atoms with Gasteiger partial charge in [0.25, 0.3) is 0 Å². The van der Waals surface area contributed by atoms with E-state index >= 15 is 0 Å². The number of nitrogens with zero attached hydrogens (tertiary/aromatic N) is 6. The summed E-state index contributed by atoms with van der Waals surface area (Å²) in [6.45, 7) is 1.42. The van der Waals surface area contributed by atoms with Crippen LogP contribution in [0.1, 0.15) is 18.1 Å². The number of anilines is 3. The molecule has 0 unspecified atom stereocenters. The molecule has 4 heterocycles. The summed E-state index contributed by atoms with van der Waals surface area (Å²) in [6.07, 6.45) is -7.15. The predicted octanol–water partition coefficient (Wildman–Crippen LogP) is 4.45. The second-order valence-electron chi connectivity index (χ2n) is 7.56. The highest BCUT2D eigenvalue weighted by atomic mass is 19.4. The van der Waals surface area contributed by atoms with Crippen molar-refractivity contribution in [3.63, 3.8) is 0 Å². The summed E-state index contributed by atoms with van der Waals surface area (Å²) < 4.78 is 79.5. The number of halogens is 6. The number of nitrogens with one attached hydrogen (secondary N) is 2. The van der Waals surface area contributed by atoms with Gasteiger partial charge in [-0.25, -0.2) is 19.9 Å². The van der Waals surface area contributed by atoms with Gasteiger partial charge in [-0.3, -0.25) is 0 Å². The van der Waals surface area contributed by atoms with E-state index < -0.39 is 35.3 Å². The van der Waals surface area contributed by atoms with Gasteiger partial charge in [-0.2, -0.15) is 26.3 Å². The highest BCUT2D eigenvalue weighted by molar-refractivity contribution is 5.87. The number of hydrogen-bond acceptors (Lipinski definition) is 9. The monoisotopic (exact) mass is 510 g/mol. The van der Waals surface area contributed by atoms with E-state index in [0.717, 1.165) is 24.4 Å². The number of aliphatic hydroxyl groups excluding tert-OH is 1. The van der Waals surface area contributed by atoms with Crippen molar-refractivity contribution in [2.75, 3.05) is 17.2 Å². The highest BCUT2D eigenvalue weighted by Gasteiger charge is 2.36. The SMILES string of the molecule is C[C@H](O)CNc1cc(C(F)(F)F)c(-c2cnc3c(Nc4ccc(C(F)(F)F)cn4)ccnc3n2)nn1. The van der Waals surface area contributed by atoms with E-state index in [1.165, 1.54) is 19.2 Å². The minimum atomic E-state index is -4.80. The third-order valence-corrected chi connectivity index (χ3v) is 4.72. The van der Waals surface area contributed by atoms with Gasteiger partial charge >= 0.3 is 12.4 Å². The lowest BCUT2D eigenvalue weighted by Crippen LogP contribution is -2.18. The van der Waals surface area contributed by atoms with Gasteiger partial charge in [-0.1, -0.05) is 0 Å². The van der Waals surface area contributed by atoms with Crippen LogP contribution < -0.4 is 10.6 Å². The van der Waals surface area contributed by atoms with Gasteiger partial charge in [0.1, 0.15) is 28.5 Å². The first-order valence-corrected chi connectivity index (χ1v) is 10.2. The second-order valence-corrected chi connectivity index (χ2v) is 7.56. The molecule has 0 aromatic carbocycles. The zero-order valence-corrected chi connectivity index (χ0v) is 18.2. The summed E-state index contributed by atoms with van der Waals surface area (Å²) >= 11 is 0. The number of fused-ring (bicyclic) bond motifs is 1. The summed E-state index contributed by atoms with van der Waals surface area (Å²) in [4.78, 5) is 16.0. The Kier molecular flexibility index (Phi) is 6.58. The molecule has 0 aliphatic carbocycles. The molecule has 36 heavy (non-hydrogen) atoms. The van der Waals surface area contributed by atoms with Gasteiger partial charge < -0.3 is 15.7 Å². The molecule has 0 radical (unpaired) electrons. The number of pyridine rings is 2. The molecular formula is C21H16F6N8O. The summed E-state index contributed by atoms with van der Waals surface area (Å²) in [5.41, 5.74) is -2.51. The Morgan fingerprint density at radius 3 is 2.33 bits per heavy atom. The van der Waals surface area contributed by atoms with E-state index in [9.17, 15) is 31.4 Å². The normalized spacial score (nSPS) is 13.0. The van der Waals surface area contributed by atoms with Gasteiger partial charge in [-0.15, -0.1) is 10.2 Å². The van der Waals surface area contributed by atoms with Gasteiger partial charge in [0.15, 0.2) is 5.65 Å². The maximum Gasteiger partial charge on any atom is 0.418 e. The van der Waals surface area contributed by atoms with Crippen molar-refractivity contribution < 1.29 is 31.4 Å². The quantitative estimate of drug-likeness (QED) is 0.323. The molecule has 1 atom stereocenters. The maximum absolute atomic E-state index is 13.7. The first-order chi connectivity index (χ1) is 16.9. The smallest absolute Gasteiger partial charge is 0.392 e. The molecule has 4 rings (SSSR count). The van der Waals surface area contributed by atoms with Crippen molar-refractivity contribution in [3.8, 4) is 11.4 Å². The van der Waals surface area contributed by atoms with Gasteiger partial charge in [0.2, 0.25) is 0 Å². The van der Waals surface area contributed by atoms with Crippen LogP contribution in [0.3, 0.4) is 0 Å². The molecule has 0 amide bonds. The molecule has 0 aliphatic heterocycles. The van der Waals surface area contributed by atoms with Crippen LogP contribution in [0, 0.1) is 0 Å². The van der Waals surface area contributed by atoms with E-state index in [1.807, 2.05) is 0 Å². The second kappa shape index (κ2) is 9.49. The van der Waals surface area contributed by atoms with Crippen molar-refractivity contribution in [1.29, 1.82) is 0 Å². The van der Waals surface area contributed by atoms with Gasteiger partial charge in [0.05, 0.1) is 29.1 Å². The Labute approximate surface area is 198 Å². The summed E-state index contributed by atoms with van der Waals surface area (Å²) in [7, 11) is 0. The standard InChI is InChI=1S/C21H16F6N8O/c1-10(36)7-29-16-6-12(21(25,26)27)17(35-34-16)14-9-31-18-13(4-5-28-19(18)33-14)32-15-3-2-11(8-30-15)20(22,23)24/h2-6,8-10,36H,7H2,1H3,(H,29,34)(H,28,30,32,33)/t10-/m0/s1. The summed E-state index contributed by atoms with van der Waals surface area (Å²) in [5.74, 6) is -0.110. The average Bonchev–Trinajstić information content (AvgIpc) is 2.81. The highest BCUT2D eigenvalue weighted by Crippen LogP contribution is 2.36. The molecule has 0 aliphatic rings. The molecule has 188 valence electrons. The van der Waals surface area contributed by atoms with Crippen LogP contribution in [0.5, 0.6) is 0 Å². The van der Waals surface area contributed by atoms with Crippen molar-refractivity contribution >= 4 is 28.5 Å². The molecule has 4 aromatic rings. The lowest BCUT2D eigenvalue weighted by Gasteiger charge is -2.14. The fourth-order valence-corrected chi connectivity index (χ4v) is 3.04. The minimum Gasteiger partial charge on any atom is -0.392 e. The Morgan fingerprint density at radius 1 is 0.917 bits per heavy atom.